The number of benzene rings is 2. The van der Waals surface area contributed by atoms with Gasteiger partial charge in [-0.25, -0.2) is 4.68 Å². The summed E-state index contributed by atoms with van der Waals surface area (Å²) < 4.78 is 1.55. The number of hydrogen-bond acceptors (Lipinski definition) is 3. The number of carbonyl (C=O) groups is 2. The standard InChI is InChI=1S/C22H23ClN4O2/c1-3-8-19(28)25-17-10-7-9-16(13-17)14-24-22(29)20-15(2)26-27(21(20)23)18-11-5-4-6-12-18/h4-7,9-13H,3,8,14H2,1-2H3,(H,24,29)(H,25,28). The van der Waals surface area contributed by atoms with Gasteiger partial charge in [-0.3, -0.25) is 9.59 Å². The van der Waals surface area contributed by atoms with Gasteiger partial charge in [0.2, 0.25) is 5.91 Å². The minimum atomic E-state index is -0.296. The number of hydrogen-bond donors (Lipinski definition) is 2. The molecule has 3 aromatic rings. The zero-order valence-corrected chi connectivity index (χ0v) is 17.2. The fourth-order valence-corrected chi connectivity index (χ4v) is 3.34. The van der Waals surface area contributed by atoms with E-state index >= 15 is 0 Å². The Labute approximate surface area is 174 Å². The molecule has 0 atom stereocenters. The highest BCUT2D eigenvalue weighted by molar-refractivity contribution is 6.33. The quantitative estimate of drug-likeness (QED) is 0.602. The van der Waals surface area contributed by atoms with Crippen molar-refractivity contribution in [2.24, 2.45) is 0 Å². The normalized spacial score (nSPS) is 10.6. The maximum absolute atomic E-state index is 12.7. The fraction of sp³-hybridized carbons (Fsp3) is 0.227. The van der Waals surface area contributed by atoms with E-state index in [1.807, 2.05) is 61.5 Å². The van der Waals surface area contributed by atoms with Crippen LogP contribution in [0.25, 0.3) is 5.69 Å². The lowest BCUT2D eigenvalue weighted by atomic mass is 10.2. The van der Waals surface area contributed by atoms with Gasteiger partial charge >= 0.3 is 0 Å². The van der Waals surface area contributed by atoms with Crippen molar-refractivity contribution in [3.63, 3.8) is 0 Å². The molecule has 150 valence electrons. The maximum Gasteiger partial charge on any atom is 0.256 e. The van der Waals surface area contributed by atoms with E-state index in [2.05, 4.69) is 15.7 Å². The summed E-state index contributed by atoms with van der Waals surface area (Å²) in [6.07, 6.45) is 1.27. The molecule has 2 aromatic carbocycles. The van der Waals surface area contributed by atoms with Gasteiger partial charge in [0.15, 0.2) is 0 Å². The largest absolute Gasteiger partial charge is 0.348 e. The lowest BCUT2D eigenvalue weighted by Crippen LogP contribution is -2.23. The molecule has 0 unspecified atom stereocenters. The number of carbonyl (C=O) groups excluding carboxylic acids is 2. The minimum Gasteiger partial charge on any atom is -0.348 e. The molecule has 0 bridgehead atoms. The van der Waals surface area contributed by atoms with Gasteiger partial charge in [0, 0.05) is 18.7 Å². The molecular weight excluding hydrogens is 388 g/mol. The van der Waals surface area contributed by atoms with Gasteiger partial charge in [0.1, 0.15) is 5.15 Å². The van der Waals surface area contributed by atoms with Crippen molar-refractivity contribution < 1.29 is 9.59 Å². The molecule has 1 aromatic heterocycles. The molecule has 0 saturated heterocycles. The van der Waals surface area contributed by atoms with Crippen LogP contribution in [0.2, 0.25) is 5.15 Å². The van der Waals surface area contributed by atoms with E-state index < -0.39 is 0 Å². The van der Waals surface area contributed by atoms with Gasteiger partial charge in [-0.15, -0.1) is 0 Å². The highest BCUT2D eigenvalue weighted by Gasteiger charge is 2.20. The first kappa shape index (κ1) is 20.6. The van der Waals surface area contributed by atoms with E-state index in [9.17, 15) is 9.59 Å². The van der Waals surface area contributed by atoms with Crippen LogP contribution in [-0.2, 0) is 11.3 Å². The molecule has 0 aliphatic heterocycles. The molecule has 0 fully saturated rings. The SMILES string of the molecule is CCCC(=O)Nc1cccc(CNC(=O)c2c(C)nn(-c3ccccc3)c2Cl)c1. The third-order valence-corrected chi connectivity index (χ3v) is 4.72. The number of para-hydroxylation sites is 1. The van der Waals surface area contributed by atoms with Crippen molar-refractivity contribution in [3.05, 3.63) is 76.6 Å². The second kappa shape index (κ2) is 9.39. The number of nitrogens with zero attached hydrogens (tertiary/aromatic N) is 2. The van der Waals surface area contributed by atoms with E-state index in [0.29, 0.717) is 29.9 Å². The topological polar surface area (TPSA) is 76.0 Å². The average molecular weight is 411 g/mol. The molecular formula is C22H23ClN4O2. The number of aromatic nitrogens is 2. The molecule has 0 aliphatic carbocycles. The Morgan fingerprint density at radius 1 is 1.10 bits per heavy atom. The van der Waals surface area contributed by atoms with Crippen LogP contribution in [0.4, 0.5) is 5.69 Å². The van der Waals surface area contributed by atoms with E-state index in [4.69, 9.17) is 11.6 Å². The van der Waals surface area contributed by atoms with Gasteiger partial charge in [-0.1, -0.05) is 48.9 Å². The van der Waals surface area contributed by atoms with Gasteiger partial charge in [0.05, 0.1) is 16.9 Å². The molecule has 1 heterocycles. The summed E-state index contributed by atoms with van der Waals surface area (Å²) in [5.74, 6) is -0.320. The third-order valence-electron chi connectivity index (χ3n) is 4.37. The molecule has 7 heteroatoms. The Hall–Kier alpha value is -3.12. The Kier molecular flexibility index (Phi) is 6.67. The summed E-state index contributed by atoms with van der Waals surface area (Å²) in [6, 6.07) is 16.8. The zero-order valence-electron chi connectivity index (χ0n) is 16.4. The molecule has 0 aliphatic rings. The molecule has 2 N–H and O–H groups in total. The van der Waals surface area contributed by atoms with Crippen molar-refractivity contribution >= 4 is 29.1 Å². The first-order chi connectivity index (χ1) is 14.0. The summed E-state index contributed by atoms with van der Waals surface area (Å²) in [4.78, 5) is 24.5. The number of anilines is 1. The highest BCUT2D eigenvalue weighted by Crippen LogP contribution is 2.23. The van der Waals surface area contributed by atoms with Crippen LogP contribution in [0.15, 0.2) is 54.6 Å². The number of halogens is 1. The van der Waals surface area contributed by atoms with Crippen LogP contribution in [0.1, 0.15) is 41.4 Å². The second-order valence-corrected chi connectivity index (χ2v) is 7.04. The van der Waals surface area contributed by atoms with E-state index in [1.54, 1.807) is 11.6 Å². The van der Waals surface area contributed by atoms with Gasteiger partial charge < -0.3 is 10.6 Å². The molecule has 3 rings (SSSR count). The van der Waals surface area contributed by atoms with E-state index in [0.717, 1.165) is 17.7 Å². The fourth-order valence-electron chi connectivity index (χ4n) is 2.98. The Balaban J connectivity index is 1.70. The van der Waals surface area contributed by atoms with Crippen LogP contribution in [0, 0.1) is 6.92 Å². The predicted octanol–water partition coefficient (Wildman–Crippen LogP) is 4.50. The third kappa shape index (κ3) is 5.03. The molecule has 0 saturated carbocycles. The van der Waals surface area contributed by atoms with E-state index in [1.165, 1.54) is 0 Å². The maximum atomic E-state index is 12.7. The van der Waals surface area contributed by atoms with Crippen molar-refractivity contribution in [1.29, 1.82) is 0 Å². The summed E-state index contributed by atoms with van der Waals surface area (Å²) in [7, 11) is 0. The molecule has 6 nitrogen and oxygen atoms in total. The molecule has 0 spiro atoms. The average Bonchev–Trinajstić information content (AvgIpc) is 3.01. The Morgan fingerprint density at radius 2 is 1.86 bits per heavy atom. The molecule has 0 radical (unpaired) electrons. The van der Waals surface area contributed by atoms with Crippen molar-refractivity contribution in [2.75, 3.05) is 5.32 Å². The van der Waals surface area contributed by atoms with Crippen molar-refractivity contribution in [1.82, 2.24) is 15.1 Å². The smallest absolute Gasteiger partial charge is 0.256 e. The number of amides is 2. The van der Waals surface area contributed by atoms with Crippen LogP contribution in [0.5, 0.6) is 0 Å². The van der Waals surface area contributed by atoms with Crippen LogP contribution < -0.4 is 10.6 Å². The summed E-state index contributed by atoms with van der Waals surface area (Å²) in [5.41, 5.74) is 3.27. The summed E-state index contributed by atoms with van der Waals surface area (Å²) >= 11 is 6.45. The van der Waals surface area contributed by atoms with Crippen LogP contribution in [0.3, 0.4) is 0 Å². The second-order valence-electron chi connectivity index (χ2n) is 6.68. The predicted molar refractivity (Wildman–Crippen MR) is 114 cm³/mol. The van der Waals surface area contributed by atoms with Gasteiger partial charge in [0.25, 0.3) is 5.91 Å². The molecule has 29 heavy (non-hydrogen) atoms. The zero-order chi connectivity index (χ0) is 20.8. The summed E-state index contributed by atoms with van der Waals surface area (Å²) in [5, 5.41) is 10.4. The number of aryl methyl sites for hydroxylation is 1. The van der Waals surface area contributed by atoms with Crippen molar-refractivity contribution in [3.8, 4) is 5.69 Å². The minimum absolute atomic E-state index is 0.0237. The number of rotatable bonds is 7. The lowest BCUT2D eigenvalue weighted by Gasteiger charge is -2.09. The lowest BCUT2D eigenvalue weighted by molar-refractivity contribution is -0.116. The van der Waals surface area contributed by atoms with Gasteiger partial charge in [-0.05, 0) is 43.2 Å². The van der Waals surface area contributed by atoms with Gasteiger partial charge in [-0.2, -0.15) is 5.10 Å². The first-order valence-electron chi connectivity index (χ1n) is 9.47. The first-order valence-corrected chi connectivity index (χ1v) is 9.85. The van der Waals surface area contributed by atoms with E-state index in [-0.39, 0.29) is 17.0 Å². The molecule has 2 amide bonds. The monoisotopic (exact) mass is 410 g/mol. The van der Waals surface area contributed by atoms with Crippen LogP contribution in [-0.4, -0.2) is 21.6 Å². The van der Waals surface area contributed by atoms with Crippen LogP contribution >= 0.6 is 11.6 Å². The number of nitrogens with one attached hydrogen (secondary N) is 2. The Bertz CT molecular complexity index is 1010. The van der Waals surface area contributed by atoms with Crippen molar-refractivity contribution in [2.45, 2.75) is 33.2 Å². The Morgan fingerprint density at radius 3 is 2.59 bits per heavy atom. The highest BCUT2D eigenvalue weighted by atomic mass is 35.5. The summed E-state index contributed by atoms with van der Waals surface area (Å²) in [6.45, 7) is 4.02.